The standard InChI is InChI=1S/C14H17Cl2NO3/c1-9-7-17(8-11(9)14(18)19)4-5-20-13-6-10(15)2-3-12(13)16/h2-3,6,9,11H,4-5,7-8H2,1H3,(H,18,19)/t9-,11-/m1/s1. The van der Waals surface area contributed by atoms with Gasteiger partial charge in [0, 0.05) is 30.7 Å². The number of hydrogen-bond acceptors (Lipinski definition) is 3. The second kappa shape index (κ2) is 6.66. The molecule has 110 valence electrons. The summed E-state index contributed by atoms with van der Waals surface area (Å²) in [6.45, 7) is 4.45. The summed E-state index contributed by atoms with van der Waals surface area (Å²) in [5.74, 6) is -0.285. The first-order valence-corrected chi connectivity index (χ1v) is 7.26. The van der Waals surface area contributed by atoms with Crippen LogP contribution in [-0.2, 0) is 4.79 Å². The summed E-state index contributed by atoms with van der Waals surface area (Å²) in [5, 5.41) is 10.2. The Morgan fingerprint density at radius 3 is 2.85 bits per heavy atom. The minimum atomic E-state index is -0.723. The molecular formula is C14H17Cl2NO3. The highest BCUT2D eigenvalue weighted by atomic mass is 35.5. The van der Waals surface area contributed by atoms with Gasteiger partial charge in [-0.3, -0.25) is 9.69 Å². The number of ether oxygens (including phenoxy) is 1. The van der Waals surface area contributed by atoms with Gasteiger partial charge in [-0.25, -0.2) is 0 Å². The topological polar surface area (TPSA) is 49.8 Å². The summed E-state index contributed by atoms with van der Waals surface area (Å²) in [4.78, 5) is 13.1. The van der Waals surface area contributed by atoms with Gasteiger partial charge in [-0.1, -0.05) is 30.1 Å². The van der Waals surface area contributed by atoms with Crippen molar-refractivity contribution in [1.29, 1.82) is 0 Å². The van der Waals surface area contributed by atoms with E-state index in [1.54, 1.807) is 18.2 Å². The smallest absolute Gasteiger partial charge is 0.308 e. The first-order chi connectivity index (χ1) is 9.47. The molecule has 20 heavy (non-hydrogen) atoms. The van der Waals surface area contributed by atoms with Crippen LogP contribution in [0, 0.1) is 11.8 Å². The van der Waals surface area contributed by atoms with E-state index in [1.165, 1.54) is 0 Å². The minimum Gasteiger partial charge on any atom is -0.491 e. The Hall–Kier alpha value is -0.970. The highest BCUT2D eigenvalue weighted by Gasteiger charge is 2.34. The molecule has 4 nitrogen and oxygen atoms in total. The van der Waals surface area contributed by atoms with Gasteiger partial charge < -0.3 is 9.84 Å². The van der Waals surface area contributed by atoms with Crippen LogP contribution in [0.3, 0.4) is 0 Å². The van der Waals surface area contributed by atoms with Gasteiger partial charge >= 0.3 is 5.97 Å². The number of nitrogens with zero attached hydrogens (tertiary/aromatic N) is 1. The number of carboxylic acid groups (broad SMARTS) is 1. The maximum Gasteiger partial charge on any atom is 0.308 e. The molecule has 1 aromatic carbocycles. The molecule has 1 aromatic rings. The Balaban J connectivity index is 1.82. The van der Waals surface area contributed by atoms with Crippen LogP contribution >= 0.6 is 23.2 Å². The predicted molar refractivity (Wildman–Crippen MR) is 78.7 cm³/mol. The fourth-order valence-corrected chi connectivity index (χ4v) is 2.78. The summed E-state index contributed by atoms with van der Waals surface area (Å²) < 4.78 is 5.61. The molecule has 0 aromatic heterocycles. The van der Waals surface area contributed by atoms with Crippen molar-refractivity contribution in [2.75, 3.05) is 26.2 Å². The Labute approximate surface area is 128 Å². The lowest BCUT2D eigenvalue weighted by atomic mass is 9.99. The second-order valence-corrected chi connectivity index (χ2v) is 5.95. The Bertz CT molecular complexity index is 495. The zero-order chi connectivity index (χ0) is 14.7. The van der Waals surface area contributed by atoms with Crippen molar-refractivity contribution < 1.29 is 14.6 Å². The third-order valence-corrected chi connectivity index (χ3v) is 4.11. The molecule has 0 aliphatic carbocycles. The highest BCUT2D eigenvalue weighted by Crippen LogP contribution is 2.28. The lowest BCUT2D eigenvalue weighted by molar-refractivity contribution is -0.142. The molecule has 1 aliphatic heterocycles. The SMILES string of the molecule is C[C@@H]1CN(CCOc2cc(Cl)ccc2Cl)C[C@H]1C(=O)O. The predicted octanol–water partition coefficient (Wildman–Crippen LogP) is 3.02. The Kier molecular flexibility index (Phi) is 5.13. The number of benzene rings is 1. The fourth-order valence-electron chi connectivity index (χ4n) is 2.44. The van der Waals surface area contributed by atoms with Gasteiger partial charge in [-0.05, 0) is 18.1 Å². The maximum absolute atomic E-state index is 11.0. The van der Waals surface area contributed by atoms with Crippen LogP contribution in [0.1, 0.15) is 6.92 Å². The van der Waals surface area contributed by atoms with Crippen molar-refractivity contribution in [3.63, 3.8) is 0 Å². The van der Waals surface area contributed by atoms with Gasteiger partial charge in [0.25, 0.3) is 0 Å². The third-order valence-electron chi connectivity index (χ3n) is 3.56. The Morgan fingerprint density at radius 1 is 1.45 bits per heavy atom. The summed E-state index contributed by atoms with van der Waals surface area (Å²) >= 11 is 11.9. The number of rotatable bonds is 5. The number of likely N-dealkylation sites (tertiary alicyclic amines) is 1. The van der Waals surface area contributed by atoms with E-state index < -0.39 is 5.97 Å². The molecular weight excluding hydrogens is 301 g/mol. The summed E-state index contributed by atoms with van der Waals surface area (Å²) in [6.07, 6.45) is 0. The molecule has 1 saturated heterocycles. The number of halogens is 2. The van der Waals surface area contributed by atoms with Crippen molar-refractivity contribution in [2.24, 2.45) is 11.8 Å². The van der Waals surface area contributed by atoms with E-state index in [1.807, 2.05) is 6.92 Å². The van der Waals surface area contributed by atoms with Gasteiger partial charge in [-0.15, -0.1) is 0 Å². The normalized spacial score (nSPS) is 22.9. The fraction of sp³-hybridized carbons (Fsp3) is 0.500. The second-order valence-electron chi connectivity index (χ2n) is 5.10. The summed E-state index contributed by atoms with van der Waals surface area (Å²) in [5.41, 5.74) is 0. The first-order valence-electron chi connectivity index (χ1n) is 6.50. The van der Waals surface area contributed by atoms with Crippen molar-refractivity contribution in [3.8, 4) is 5.75 Å². The monoisotopic (exact) mass is 317 g/mol. The quantitative estimate of drug-likeness (QED) is 0.907. The molecule has 0 saturated carbocycles. The van der Waals surface area contributed by atoms with Crippen LogP contribution in [0.25, 0.3) is 0 Å². The van der Waals surface area contributed by atoms with Crippen LogP contribution in [-0.4, -0.2) is 42.2 Å². The molecule has 0 unspecified atom stereocenters. The number of carbonyl (C=O) groups is 1. The number of hydrogen-bond donors (Lipinski definition) is 1. The molecule has 0 radical (unpaired) electrons. The van der Waals surface area contributed by atoms with E-state index in [0.717, 1.165) is 6.54 Å². The van der Waals surface area contributed by atoms with E-state index in [9.17, 15) is 4.79 Å². The zero-order valence-corrected chi connectivity index (χ0v) is 12.7. The molecule has 2 atom stereocenters. The average molecular weight is 318 g/mol. The van der Waals surface area contributed by atoms with E-state index >= 15 is 0 Å². The summed E-state index contributed by atoms with van der Waals surface area (Å²) in [6, 6.07) is 5.07. The van der Waals surface area contributed by atoms with Crippen molar-refractivity contribution in [1.82, 2.24) is 4.90 Å². The van der Waals surface area contributed by atoms with Gasteiger partial charge in [-0.2, -0.15) is 0 Å². The van der Waals surface area contributed by atoms with Crippen LogP contribution in [0.4, 0.5) is 0 Å². The number of carboxylic acids is 1. The molecule has 0 spiro atoms. The largest absolute Gasteiger partial charge is 0.491 e. The van der Waals surface area contributed by atoms with Crippen molar-refractivity contribution in [2.45, 2.75) is 6.92 Å². The van der Waals surface area contributed by atoms with Crippen LogP contribution in [0.5, 0.6) is 5.75 Å². The highest BCUT2D eigenvalue weighted by molar-refractivity contribution is 6.34. The van der Waals surface area contributed by atoms with E-state index in [4.69, 9.17) is 33.0 Å². The zero-order valence-electron chi connectivity index (χ0n) is 11.2. The molecule has 6 heteroatoms. The van der Waals surface area contributed by atoms with E-state index in [-0.39, 0.29) is 11.8 Å². The molecule has 2 rings (SSSR count). The molecule has 0 amide bonds. The van der Waals surface area contributed by atoms with Crippen LogP contribution < -0.4 is 4.74 Å². The molecule has 1 fully saturated rings. The van der Waals surface area contributed by atoms with Gasteiger partial charge in [0.15, 0.2) is 0 Å². The third kappa shape index (κ3) is 3.78. The minimum absolute atomic E-state index is 0.169. The van der Waals surface area contributed by atoms with Gasteiger partial charge in [0.05, 0.1) is 10.9 Å². The lowest BCUT2D eigenvalue weighted by Crippen LogP contribution is -2.27. The molecule has 1 heterocycles. The van der Waals surface area contributed by atoms with Crippen molar-refractivity contribution in [3.05, 3.63) is 28.2 Å². The molecule has 0 bridgehead atoms. The lowest BCUT2D eigenvalue weighted by Gasteiger charge is -2.16. The first kappa shape index (κ1) is 15.4. The molecule has 1 N–H and O–H groups in total. The van der Waals surface area contributed by atoms with Gasteiger partial charge in [0.2, 0.25) is 0 Å². The van der Waals surface area contributed by atoms with Crippen LogP contribution in [0.2, 0.25) is 10.0 Å². The van der Waals surface area contributed by atoms with Gasteiger partial charge in [0.1, 0.15) is 12.4 Å². The summed E-state index contributed by atoms with van der Waals surface area (Å²) in [7, 11) is 0. The number of aliphatic carboxylic acids is 1. The maximum atomic E-state index is 11.0. The average Bonchev–Trinajstić information content (AvgIpc) is 2.75. The van der Waals surface area contributed by atoms with E-state index in [0.29, 0.717) is 35.5 Å². The molecule has 1 aliphatic rings. The Morgan fingerprint density at radius 2 is 2.20 bits per heavy atom. The van der Waals surface area contributed by atoms with Crippen molar-refractivity contribution >= 4 is 29.2 Å². The van der Waals surface area contributed by atoms with Crippen LogP contribution in [0.15, 0.2) is 18.2 Å². The van der Waals surface area contributed by atoms with E-state index in [2.05, 4.69) is 4.90 Å².